The summed E-state index contributed by atoms with van der Waals surface area (Å²) in [7, 11) is -3.83. The highest BCUT2D eigenvalue weighted by Gasteiger charge is 2.22. The van der Waals surface area contributed by atoms with Gasteiger partial charge in [0.1, 0.15) is 10.6 Å². The van der Waals surface area contributed by atoms with Crippen molar-refractivity contribution in [2.75, 3.05) is 47.7 Å². The zero-order valence-corrected chi connectivity index (χ0v) is 22.0. The van der Waals surface area contributed by atoms with Crippen LogP contribution >= 0.6 is 28.3 Å². The number of hydrogen-bond donors (Lipinski definition) is 2. The Morgan fingerprint density at radius 2 is 1.68 bits per heavy atom. The van der Waals surface area contributed by atoms with Crippen molar-refractivity contribution in [2.45, 2.75) is 18.4 Å². The van der Waals surface area contributed by atoms with Crippen LogP contribution in [0.4, 0.5) is 17.5 Å². The smallest absolute Gasteiger partial charge is 0.263 e. The van der Waals surface area contributed by atoms with Gasteiger partial charge in [0, 0.05) is 37.2 Å². The first-order valence-corrected chi connectivity index (χ1v) is 13.1. The predicted octanol–water partition coefficient (Wildman–Crippen LogP) is 4.22. The third-order valence-electron chi connectivity index (χ3n) is 5.55. The summed E-state index contributed by atoms with van der Waals surface area (Å²) in [5.41, 5.74) is 1.37. The molecule has 2 aromatic carbocycles. The summed E-state index contributed by atoms with van der Waals surface area (Å²) in [6, 6.07) is 16.6. The van der Waals surface area contributed by atoms with Crippen LogP contribution in [0.25, 0.3) is 0 Å². The highest BCUT2D eigenvalue weighted by Crippen LogP contribution is 2.28. The van der Waals surface area contributed by atoms with E-state index in [1.807, 2.05) is 30.3 Å². The molecule has 11 heteroatoms. The molecule has 0 amide bonds. The molecule has 0 saturated carbocycles. The summed E-state index contributed by atoms with van der Waals surface area (Å²) in [4.78, 5) is 13.9. The van der Waals surface area contributed by atoms with E-state index in [1.165, 1.54) is 6.20 Å². The minimum absolute atomic E-state index is 0. The lowest BCUT2D eigenvalue weighted by Crippen LogP contribution is -2.46. The van der Waals surface area contributed by atoms with E-state index in [9.17, 15) is 8.42 Å². The maximum atomic E-state index is 13.1. The second-order valence-corrected chi connectivity index (χ2v) is 10.2. The van der Waals surface area contributed by atoms with Crippen LogP contribution in [0.15, 0.2) is 70.2 Å². The van der Waals surface area contributed by atoms with Crippen molar-refractivity contribution in [3.8, 4) is 0 Å². The molecule has 0 radical (unpaired) electrons. The fourth-order valence-corrected chi connectivity index (χ4v) is 5.70. The molecule has 1 fully saturated rings. The molecule has 34 heavy (non-hydrogen) atoms. The van der Waals surface area contributed by atoms with Crippen LogP contribution in [0.2, 0.25) is 0 Å². The monoisotopic (exact) mass is 566 g/mol. The van der Waals surface area contributed by atoms with Gasteiger partial charge in [-0.05, 0) is 40.2 Å². The zero-order valence-electron chi connectivity index (χ0n) is 18.8. The molecule has 0 unspecified atom stereocenters. The first kappa shape index (κ1) is 26.2. The summed E-state index contributed by atoms with van der Waals surface area (Å²) in [6.07, 6.45) is 1.54. The molecule has 1 saturated heterocycles. The van der Waals surface area contributed by atoms with Gasteiger partial charge in [-0.3, -0.25) is 4.72 Å². The molecule has 0 aliphatic carbocycles. The summed E-state index contributed by atoms with van der Waals surface area (Å²) in [5, 5.41) is 3.29. The molecule has 8 nitrogen and oxygen atoms in total. The summed E-state index contributed by atoms with van der Waals surface area (Å²) >= 11 is 3.32. The molecule has 1 aromatic heterocycles. The Labute approximate surface area is 215 Å². The number of nitrogens with zero attached hydrogens (tertiary/aromatic N) is 4. The van der Waals surface area contributed by atoms with Gasteiger partial charge in [0.05, 0.1) is 6.20 Å². The summed E-state index contributed by atoms with van der Waals surface area (Å²) in [6.45, 7) is 7.23. The summed E-state index contributed by atoms with van der Waals surface area (Å²) < 4.78 is 29.3. The third kappa shape index (κ3) is 6.38. The number of rotatable bonds is 8. The Hall–Kier alpha value is -2.40. The maximum absolute atomic E-state index is 13.1. The van der Waals surface area contributed by atoms with Crippen molar-refractivity contribution in [2.24, 2.45) is 0 Å². The lowest BCUT2D eigenvalue weighted by atomic mass is 10.2. The molecule has 0 atom stereocenters. The van der Waals surface area contributed by atoms with Gasteiger partial charge in [0.15, 0.2) is 5.82 Å². The van der Waals surface area contributed by atoms with E-state index in [-0.39, 0.29) is 17.3 Å². The number of hydrogen-bond acceptors (Lipinski definition) is 7. The van der Waals surface area contributed by atoms with Gasteiger partial charge in [-0.1, -0.05) is 49.4 Å². The van der Waals surface area contributed by atoms with Gasteiger partial charge in [-0.15, -0.1) is 12.4 Å². The minimum Gasteiger partial charge on any atom is -0.364 e. The van der Waals surface area contributed by atoms with Crippen LogP contribution in [0.5, 0.6) is 0 Å². The number of nitrogens with one attached hydrogen (secondary N) is 2. The van der Waals surface area contributed by atoms with Crippen LogP contribution in [0.1, 0.15) is 12.5 Å². The molecule has 4 rings (SSSR count). The van der Waals surface area contributed by atoms with E-state index >= 15 is 0 Å². The average Bonchev–Trinajstić information content (AvgIpc) is 2.84. The van der Waals surface area contributed by atoms with Crippen LogP contribution < -0.4 is 14.9 Å². The average molecular weight is 568 g/mol. The molecular formula is C23H28BrClN6O2S. The van der Waals surface area contributed by atoms with Crippen LogP contribution in [0, 0.1) is 0 Å². The fourth-order valence-electron chi connectivity index (χ4n) is 3.64. The number of halogens is 2. The second kappa shape index (κ2) is 11.8. The fraction of sp³-hybridized carbons (Fsp3) is 0.304. The Balaban J connectivity index is 0.00000324. The maximum Gasteiger partial charge on any atom is 0.263 e. The van der Waals surface area contributed by atoms with E-state index in [2.05, 4.69) is 47.7 Å². The topological polar surface area (TPSA) is 90.5 Å². The molecule has 1 aliphatic rings. The van der Waals surface area contributed by atoms with Crippen LogP contribution in [0.3, 0.4) is 0 Å². The largest absolute Gasteiger partial charge is 0.364 e. The van der Waals surface area contributed by atoms with Gasteiger partial charge in [-0.2, -0.15) is 4.98 Å². The molecule has 182 valence electrons. The Kier molecular flexibility index (Phi) is 9.12. The molecular weight excluding hydrogens is 540 g/mol. The molecule has 0 spiro atoms. The second-order valence-electron chi connectivity index (χ2n) is 7.73. The molecule has 3 aromatic rings. The van der Waals surface area contributed by atoms with E-state index in [4.69, 9.17) is 4.98 Å². The lowest BCUT2D eigenvalue weighted by molar-refractivity contribution is 0.270. The van der Waals surface area contributed by atoms with Crippen molar-refractivity contribution in [3.05, 3.63) is 70.8 Å². The quantitative estimate of drug-likeness (QED) is 0.421. The van der Waals surface area contributed by atoms with Crippen LogP contribution in [-0.4, -0.2) is 56.0 Å². The van der Waals surface area contributed by atoms with E-state index < -0.39 is 10.0 Å². The Morgan fingerprint density at radius 3 is 2.35 bits per heavy atom. The number of anilines is 3. The SMILES string of the molecule is CCN1CCN(c2ncc(NS(=O)(=O)c3ccccc3Br)c(NCc3ccccc3)n2)CC1.Cl. The zero-order chi connectivity index (χ0) is 23.3. The minimum atomic E-state index is -3.83. The van der Waals surface area contributed by atoms with E-state index in [0.717, 1.165) is 38.3 Å². The number of likely N-dealkylation sites (N-methyl/N-ethyl adjacent to an activating group) is 1. The van der Waals surface area contributed by atoms with Gasteiger partial charge in [0.25, 0.3) is 10.0 Å². The van der Waals surface area contributed by atoms with Crippen molar-refractivity contribution in [1.82, 2.24) is 14.9 Å². The Morgan fingerprint density at radius 1 is 1.00 bits per heavy atom. The van der Waals surface area contributed by atoms with Crippen molar-refractivity contribution >= 4 is 55.8 Å². The van der Waals surface area contributed by atoms with Gasteiger partial charge >= 0.3 is 0 Å². The highest BCUT2D eigenvalue weighted by molar-refractivity contribution is 9.10. The lowest BCUT2D eigenvalue weighted by Gasteiger charge is -2.34. The summed E-state index contributed by atoms with van der Waals surface area (Å²) in [5.74, 6) is 1.03. The first-order valence-electron chi connectivity index (χ1n) is 10.9. The standard InChI is InChI=1S/C23H27BrN6O2S.ClH/c1-2-29-12-14-30(15-13-29)23-26-17-20(22(27-23)25-16-18-8-4-3-5-9-18)28-33(31,32)21-11-7-6-10-19(21)24;/h3-11,17,28H,2,12-16H2,1H3,(H,25,26,27);1H. The van der Waals surface area contributed by atoms with Crippen molar-refractivity contribution < 1.29 is 8.42 Å². The predicted molar refractivity (Wildman–Crippen MR) is 142 cm³/mol. The number of benzene rings is 2. The molecule has 0 bridgehead atoms. The normalized spacial score (nSPS) is 14.4. The third-order valence-corrected chi connectivity index (χ3v) is 7.93. The highest BCUT2D eigenvalue weighted by atomic mass is 79.9. The number of piperazine rings is 1. The Bertz CT molecular complexity index is 1190. The molecule has 2 heterocycles. The van der Waals surface area contributed by atoms with Gasteiger partial charge in [0.2, 0.25) is 5.95 Å². The van der Waals surface area contributed by atoms with Gasteiger partial charge in [-0.25, -0.2) is 13.4 Å². The van der Waals surface area contributed by atoms with Crippen molar-refractivity contribution in [3.63, 3.8) is 0 Å². The van der Waals surface area contributed by atoms with E-state index in [1.54, 1.807) is 24.3 Å². The number of sulfonamides is 1. The van der Waals surface area contributed by atoms with Crippen molar-refractivity contribution in [1.29, 1.82) is 0 Å². The van der Waals surface area contributed by atoms with Crippen LogP contribution in [-0.2, 0) is 16.6 Å². The number of aromatic nitrogens is 2. The molecule has 1 aliphatic heterocycles. The van der Waals surface area contributed by atoms with E-state index in [0.29, 0.717) is 28.5 Å². The van der Waals surface area contributed by atoms with Gasteiger partial charge < -0.3 is 15.1 Å². The first-order chi connectivity index (χ1) is 16.0. The molecule has 2 N–H and O–H groups in total.